The first-order valence-electron chi connectivity index (χ1n) is 5.87. The lowest BCUT2D eigenvalue weighted by Crippen LogP contribution is -2.24. The second-order valence-corrected chi connectivity index (χ2v) is 4.00. The molecule has 0 unspecified atom stereocenters. The minimum absolute atomic E-state index is 0.0186. The minimum Gasteiger partial charge on any atom is -0.366 e. The smallest absolute Gasteiger partial charge is 0.288 e. The predicted molar refractivity (Wildman–Crippen MR) is 71.8 cm³/mol. The highest BCUT2D eigenvalue weighted by Crippen LogP contribution is 2.04. The Morgan fingerprint density at radius 2 is 1.95 bits per heavy atom. The van der Waals surface area contributed by atoms with Gasteiger partial charge in [0.1, 0.15) is 0 Å². The Morgan fingerprint density at radius 3 is 2.50 bits per heavy atom. The maximum Gasteiger partial charge on any atom is 0.288 e. The monoisotopic (exact) mass is 274 g/mol. The fourth-order valence-corrected chi connectivity index (χ4v) is 1.56. The molecular weight excluding hydrogens is 260 g/mol. The molecule has 2 aromatic rings. The van der Waals surface area contributed by atoms with Gasteiger partial charge in [0.05, 0.1) is 0 Å². The van der Waals surface area contributed by atoms with Crippen molar-refractivity contribution >= 4 is 17.8 Å². The standard InChI is InChI=1S/C12H14N6O2/c1-14-10(19)8-4-2-7(3-5-8)6-15-11(20)9-16-12(13)18-17-9/h2-5H,6H2,1H3,(H,14,19)(H,15,20)(H3,13,16,17,18). The third-order valence-corrected chi connectivity index (χ3v) is 2.61. The van der Waals surface area contributed by atoms with Crippen LogP contribution in [0.5, 0.6) is 0 Å². The van der Waals surface area contributed by atoms with Crippen LogP contribution in [0.1, 0.15) is 26.5 Å². The van der Waals surface area contributed by atoms with Crippen LogP contribution in [0.2, 0.25) is 0 Å². The summed E-state index contributed by atoms with van der Waals surface area (Å²) in [5.74, 6) is -0.475. The number of benzene rings is 1. The van der Waals surface area contributed by atoms with Crippen LogP contribution in [0.15, 0.2) is 24.3 Å². The van der Waals surface area contributed by atoms with Crippen LogP contribution in [0.4, 0.5) is 5.95 Å². The molecule has 0 atom stereocenters. The van der Waals surface area contributed by atoms with E-state index in [2.05, 4.69) is 25.8 Å². The zero-order valence-corrected chi connectivity index (χ0v) is 10.8. The fourth-order valence-electron chi connectivity index (χ4n) is 1.56. The van der Waals surface area contributed by atoms with E-state index in [1.165, 1.54) is 0 Å². The van der Waals surface area contributed by atoms with Gasteiger partial charge in [0.15, 0.2) is 0 Å². The number of hydrogen-bond donors (Lipinski definition) is 4. The van der Waals surface area contributed by atoms with Gasteiger partial charge < -0.3 is 16.4 Å². The van der Waals surface area contributed by atoms with Gasteiger partial charge in [-0.1, -0.05) is 12.1 Å². The molecule has 0 saturated heterocycles. The van der Waals surface area contributed by atoms with Crippen LogP contribution in [0.3, 0.4) is 0 Å². The number of carbonyl (C=O) groups is 2. The van der Waals surface area contributed by atoms with E-state index >= 15 is 0 Å². The van der Waals surface area contributed by atoms with Gasteiger partial charge in [-0.25, -0.2) is 0 Å². The maximum absolute atomic E-state index is 11.7. The van der Waals surface area contributed by atoms with Crippen molar-refractivity contribution in [1.29, 1.82) is 0 Å². The molecule has 0 spiro atoms. The lowest BCUT2D eigenvalue weighted by atomic mass is 10.1. The highest BCUT2D eigenvalue weighted by atomic mass is 16.2. The molecule has 20 heavy (non-hydrogen) atoms. The lowest BCUT2D eigenvalue weighted by Gasteiger charge is -2.04. The molecule has 0 saturated carbocycles. The number of nitrogens with one attached hydrogen (secondary N) is 3. The SMILES string of the molecule is CNC(=O)c1ccc(CNC(=O)c2nc(N)n[nH]2)cc1. The molecule has 1 aromatic heterocycles. The summed E-state index contributed by atoms with van der Waals surface area (Å²) < 4.78 is 0. The normalized spacial score (nSPS) is 10.1. The van der Waals surface area contributed by atoms with Crippen LogP contribution in [-0.2, 0) is 6.54 Å². The summed E-state index contributed by atoms with van der Waals surface area (Å²) >= 11 is 0. The Labute approximate surface area is 114 Å². The summed E-state index contributed by atoms with van der Waals surface area (Å²) in [4.78, 5) is 26.8. The third-order valence-electron chi connectivity index (χ3n) is 2.61. The zero-order valence-electron chi connectivity index (χ0n) is 10.8. The number of nitrogens with zero attached hydrogens (tertiary/aromatic N) is 2. The summed E-state index contributed by atoms with van der Waals surface area (Å²) in [6.07, 6.45) is 0. The number of anilines is 1. The number of hydrogen-bond acceptors (Lipinski definition) is 5. The third kappa shape index (κ3) is 3.10. The van der Waals surface area contributed by atoms with Crippen LogP contribution >= 0.6 is 0 Å². The van der Waals surface area contributed by atoms with E-state index in [0.717, 1.165) is 5.56 Å². The topological polar surface area (TPSA) is 126 Å². The second-order valence-electron chi connectivity index (χ2n) is 4.00. The molecule has 0 aliphatic carbocycles. The van der Waals surface area contributed by atoms with Crippen molar-refractivity contribution in [3.05, 3.63) is 41.2 Å². The number of aromatic amines is 1. The summed E-state index contributed by atoms with van der Waals surface area (Å²) in [6, 6.07) is 6.90. The first-order valence-corrected chi connectivity index (χ1v) is 5.87. The molecule has 104 valence electrons. The number of rotatable bonds is 4. The first kappa shape index (κ1) is 13.5. The Morgan fingerprint density at radius 1 is 1.25 bits per heavy atom. The summed E-state index contributed by atoms with van der Waals surface area (Å²) in [6.45, 7) is 0.313. The average Bonchev–Trinajstić information content (AvgIpc) is 2.91. The van der Waals surface area contributed by atoms with E-state index in [1.807, 2.05) is 0 Å². The van der Waals surface area contributed by atoms with Gasteiger partial charge in [-0.15, -0.1) is 5.10 Å². The average molecular weight is 274 g/mol. The summed E-state index contributed by atoms with van der Waals surface area (Å²) in [5, 5.41) is 11.2. The molecule has 0 radical (unpaired) electrons. The Bertz CT molecular complexity index is 619. The van der Waals surface area contributed by atoms with Crippen LogP contribution in [-0.4, -0.2) is 34.0 Å². The number of aromatic nitrogens is 3. The number of H-pyrrole nitrogens is 1. The molecule has 0 aliphatic heterocycles. The highest BCUT2D eigenvalue weighted by Gasteiger charge is 2.10. The molecule has 5 N–H and O–H groups in total. The maximum atomic E-state index is 11.7. The second kappa shape index (κ2) is 5.83. The molecular formula is C12H14N6O2. The molecule has 8 heteroatoms. The Hall–Kier alpha value is -2.90. The van der Waals surface area contributed by atoms with Crippen molar-refractivity contribution in [2.45, 2.75) is 6.54 Å². The van der Waals surface area contributed by atoms with E-state index in [0.29, 0.717) is 12.1 Å². The predicted octanol–water partition coefficient (Wildman–Crippen LogP) is -0.323. The quantitative estimate of drug-likeness (QED) is 0.607. The van der Waals surface area contributed by atoms with Gasteiger partial charge in [-0.2, -0.15) is 4.98 Å². The van der Waals surface area contributed by atoms with Gasteiger partial charge in [0, 0.05) is 19.2 Å². The van der Waals surface area contributed by atoms with E-state index in [4.69, 9.17) is 5.73 Å². The number of carbonyl (C=O) groups excluding carboxylic acids is 2. The van der Waals surface area contributed by atoms with Gasteiger partial charge in [-0.3, -0.25) is 14.7 Å². The number of amides is 2. The molecule has 1 aromatic carbocycles. The highest BCUT2D eigenvalue weighted by molar-refractivity contribution is 5.94. The van der Waals surface area contributed by atoms with Crippen LogP contribution in [0.25, 0.3) is 0 Å². The van der Waals surface area contributed by atoms with Gasteiger partial charge in [0.2, 0.25) is 11.8 Å². The Balaban J connectivity index is 1.94. The lowest BCUT2D eigenvalue weighted by molar-refractivity contribution is 0.0937. The van der Waals surface area contributed by atoms with Gasteiger partial charge in [-0.05, 0) is 17.7 Å². The van der Waals surface area contributed by atoms with Crippen molar-refractivity contribution in [2.75, 3.05) is 12.8 Å². The molecule has 0 bridgehead atoms. The van der Waals surface area contributed by atoms with Gasteiger partial charge in [0.25, 0.3) is 11.8 Å². The molecule has 2 amide bonds. The molecule has 0 aliphatic rings. The molecule has 1 heterocycles. The fraction of sp³-hybridized carbons (Fsp3) is 0.167. The zero-order chi connectivity index (χ0) is 14.5. The van der Waals surface area contributed by atoms with Crippen LogP contribution in [0, 0.1) is 0 Å². The van der Waals surface area contributed by atoms with Crippen molar-refractivity contribution in [3.8, 4) is 0 Å². The van der Waals surface area contributed by atoms with Crippen LogP contribution < -0.4 is 16.4 Å². The molecule has 2 rings (SSSR count). The van der Waals surface area contributed by atoms with E-state index in [1.54, 1.807) is 31.3 Å². The van der Waals surface area contributed by atoms with Crippen molar-refractivity contribution < 1.29 is 9.59 Å². The van der Waals surface area contributed by atoms with Crippen molar-refractivity contribution in [2.24, 2.45) is 0 Å². The Kier molecular flexibility index (Phi) is 3.94. The van der Waals surface area contributed by atoms with Gasteiger partial charge >= 0.3 is 0 Å². The summed E-state index contributed by atoms with van der Waals surface area (Å²) in [7, 11) is 1.57. The molecule has 8 nitrogen and oxygen atoms in total. The van der Waals surface area contributed by atoms with Crippen molar-refractivity contribution in [1.82, 2.24) is 25.8 Å². The largest absolute Gasteiger partial charge is 0.366 e. The molecule has 0 fully saturated rings. The first-order chi connectivity index (χ1) is 9.60. The number of nitrogens with two attached hydrogens (primary N) is 1. The van der Waals surface area contributed by atoms with E-state index in [-0.39, 0.29) is 17.7 Å². The van der Waals surface area contributed by atoms with E-state index < -0.39 is 5.91 Å². The van der Waals surface area contributed by atoms with E-state index in [9.17, 15) is 9.59 Å². The number of nitrogen functional groups attached to an aromatic ring is 1. The van der Waals surface area contributed by atoms with Crippen molar-refractivity contribution in [3.63, 3.8) is 0 Å². The minimum atomic E-state index is -0.399. The summed E-state index contributed by atoms with van der Waals surface area (Å²) in [5.41, 5.74) is 6.73.